The molecule has 0 saturated heterocycles. The molecule has 0 fully saturated rings. The molecule has 1 aromatic heterocycles. The number of nitrogens with two attached hydrogens (primary N) is 2. The van der Waals surface area contributed by atoms with Gasteiger partial charge in [0.25, 0.3) is 0 Å². The first-order chi connectivity index (χ1) is 6.37. The molecular weight excluding hydrogens is 275 g/mol. The van der Waals surface area contributed by atoms with E-state index in [1.54, 1.807) is 0 Å². The molecule has 1 rings (SSSR count). The predicted molar refractivity (Wildman–Crippen MR) is 51.1 cm³/mol. The molecule has 1 heterocycles. The normalized spacial score (nSPS) is 11.3. The first kappa shape index (κ1) is 11.1. The number of hydrogen-bond donors (Lipinski definition) is 5. The van der Waals surface area contributed by atoms with Crippen molar-refractivity contribution in [2.24, 2.45) is 0 Å². The molecule has 0 unspecified atom stereocenters. The molecule has 0 aliphatic heterocycles. The van der Waals surface area contributed by atoms with Crippen molar-refractivity contribution in [1.82, 2.24) is 15.0 Å². The van der Waals surface area contributed by atoms with Crippen LogP contribution in [-0.2, 0) is 3.83 Å². The molecule has 0 spiro atoms. The number of nitrogens with zero attached hydrogens (tertiary/aromatic N) is 3. The topological polar surface area (TPSA) is 152 Å². The van der Waals surface area contributed by atoms with Crippen LogP contribution in [0, 0.1) is 0 Å². The summed E-state index contributed by atoms with van der Waals surface area (Å²) in [5.41, 5.74) is 12.5. The maximum atomic E-state index is 8.74. The van der Waals surface area contributed by atoms with Gasteiger partial charge in [-0.2, -0.15) is 0 Å². The van der Waals surface area contributed by atoms with Crippen molar-refractivity contribution in [2.75, 3.05) is 16.9 Å². The number of hydrogen-bond acceptors (Lipinski definition) is 8. The second-order valence-electron chi connectivity index (χ2n) is 2.06. The van der Waals surface area contributed by atoms with Gasteiger partial charge in [0.1, 0.15) is 0 Å². The molecule has 14 heavy (non-hydrogen) atoms. The Kier molecular flexibility index (Phi) is 3.24. The van der Waals surface area contributed by atoms with Crippen molar-refractivity contribution in [3.05, 3.63) is 0 Å². The minimum atomic E-state index is -4.40. The van der Waals surface area contributed by atoms with E-state index in [0.29, 0.717) is 0 Å². The zero-order valence-corrected chi connectivity index (χ0v) is 9.35. The number of rotatable bonds is 3. The van der Waals surface area contributed by atoms with Gasteiger partial charge in [0, 0.05) is 0 Å². The summed E-state index contributed by atoms with van der Waals surface area (Å²) in [6, 6.07) is 0. The van der Waals surface area contributed by atoms with Crippen LogP contribution < -0.4 is 16.9 Å². The summed E-state index contributed by atoms with van der Waals surface area (Å²) in [7, 11) is 4.21. The second kappa shape index (κ2) is 4.07. The fraction of sp³-hybridized carbons (Fsp3) is 0. The van der Waals surface area contributed by atoms with E-state index in [2.05, 4.69) is 29.2 Å². The van der Waals surface area contributed by atoms with Gasteiger partial charge < -0.3 is 0 Å². The number of anilines is 3. The van der Waals surface area contributed by atoms with Crippen LogP contribution in [-0.4, -0.2) is 36.0 Å². The van der Waals surface area contributed by atoms with Gasteiger partial charge in [-0.1, -0.05) is 0 Å². The zero-order valence-electron chi connectivity index (χ0n) is 6.65. The molecule has 78 valence electrons. The van der Waals surface area contributed by atoms with E-state index in [1.165, 1.54) is 0 Å². The van der Waals surface area contributed by atoms with Crippen LogP contribution in [0.2, 0.25) is 0 Å². The second-order valence-corrected chi connectivity index (χ2v) is 6.97. The maximum absolute atomic E-state index is 8.74. The molecule has 0 aliphatic rings. The Balaban J connectivity index is 2.73. The van der Waals surface area contributed by atoms with Crippen LogP contribution in [0.3, 0.4) is 0 Å². The quantitative estimate of drug-likeness (QED) is 0.310. The Hall–Kier alpha value is -0.932. The summed E-state index contributed by atoms with van der Waals surface area (Å²) < 4.78 is 21.8. The molecule has 0 aromatic carbocycles. The van der Waals surface area contributed by atoms with Crippen molar-refractivity contribution < 1.29 is 12.0 Å². The number of nitrogens with one attached hydrogen (secondary N) is 1. The Bertz CT molecular complexity index is 360. The molecular formula is C3H7AsN6O3S. The molecule has 1 aromatic rings. The molecule has 0 radical (unpaired) electrons. The van der Waals surface area contributed by atoms with Crippen molar-refractivity contribution >= 4 is 41.1 Å². The van der Waals surface area contributed by atoms with E-state index in [4.69, 9.17) is 19.7 Å². The van der Waals surface area contributed by atoms with Crippen LogP contribution in [0.15, 0.2) is 0 Å². The molecule has 11 heteroatoms. The van der Waals surface area contributed by atoms with Gasteiger partial charge in [-0.05, 0) is 0 Å². The van der Waals surface area contributed by atoms with Crippen LogP contribution in [0.25, 0.3) is 0 Å². The van der Waals surface area contributed by atoms with Crippen LogP contribution in [0.4, 0.5) is 17.8 Å². The average molecular weight is 282 g/mol. The van der Waals surface area contributed by atoms with Crippen molar-refractivity contribution in [3.63, 3.8) is 0 Å². The van der Waals surface area contributed by atoms with Gasteiger partial charge in [-0.3, -0.25) is 0 Å². The van der Waals surface area contributed by atoms with Crippen molar-refractivity contribution in [1.29, 1.82) is 0 Å². The van der Waals surface area contributed by atoms with Crippen molar-refractivity contribution in [3.8, 4) is 0 Å². The summed E-state index contributed by atoms with van der Waals surface area (Å²) in [6.45, 7) is 0. The third kappa shape index (κ3) is 3.85. The summed E-state index contributed by atoms with van der Waals surface area (Å²) in [5.74, 6) is -0.395. The summed E-state index contributed by atoms with van der Waals surface area (Å²) >= 11 is -4.40. The predicted octanol–water partition coefficient (Wildman–Crippen LogP) is -2.00. The molecule has 0 aliphatic carbocycles. The van der Waals surface area contributed by atoms with Gasteiger partial charge in [0.2, 0.25) is 0 Å². The molecule has 9 nitrogen and oxygen atoms in total. The first-order valence-electron chi connectivity index (χ1n) is 3.14. The summed E-state index contributed by atoms with van der Waals surface area (Å²) in [4.78, 5) is 10.6. The number of nitrogen functional groups attached to an aromatic ring is 2. The van der Waals surface area contributed by atoms with Crippen LogP contribution in [0.1, 0.15) is 0 Å². The zero-order chi connectivity index (χ0) is 10.8. The van der Waals surface area contributed by atoms with Gasteiger partial charge in [-0.25, -0.2) is 0 Å². The van der Waals surface area contributed by atoms with E-state index in [-0.39, 0.29) is 17.8 Å². The number of aromatic nitrogens is 3. The van der Waals surface area contributed by atoms with E-state index in [9.17, 15) is 0 Å². The van der Waals surface area contributed by atoms with Gasteiger partial charge >= 0.3 is 85.1 Å². The summed E-state index contributed by atoms with van der Waals surface area (Å²) in [5, 5.41) is 0. The van der Waals surface area contributed by atoms with E-state index >= 15 is 0 Å². The third-order valence-corrected chi connectivity index (χ3v) is 2.00. The van der Waals surface area contributed by atoms with E-state index in [1.807, 2.05) is 5.48 Å². The van der Waals surface area contributed by atoms with E-state index in [0.717, 1.165) is 0 Å². The minimum absolute atomic E-state index is 0.125. The molecule has 7 N–H and O–H groups in total. The Morgan fingerprint density at radius 2 is 1.71 bits per heavy atom. The van der Waals surface area contributed by atoms with Crippen molar-refractivity contribution in [2.45, 2.75) is 0 Å². The molecule has 0 bridgehead atoms. The average Bonchev–Trinajstić information content (AvgIpc) is 1.97. The Morgan fingerprint density at radius 3 is 2.14 bits per heavy atom. The van der Waals surface area contributed by atoms with Gasteiger partial charge in [0.15, 0.2) is 0 Å². The molecule has 0 amide bonds. The molecule has 0 atom stereocenters. The van der Waals surface area contributed by atoms with Gasteiger partial charge in [0.05, 0.1) is 0 Å². The fourth-order valence-electron chi connectivity index (χ4n) is 0.555. The van der Waals surface area contributed by atoms with Crippen LogP contribution >= 0.6 is 10.4 Å². The first-order valence-corrected chi connectivity index (χ1v) is 8.25. The Morgan fingerprint density at radius 1 is 1.21 bits per heavy atom. The standard InChI is InChI=1S/C3H7AsN6O3S/c5-1-7-2(6)9-3(8-1)10-13-4(11,12)14/h(H2,11,12,14)(H5,5,6,7,8,9,10). The Labute approximate surface area is 85.4 Å². The third-order valence-electron chi connectivity index (χ3n) is 0.926. The SMILES string of the molecule is Nc1nc(N)nc(NO[As](O)(O)=S)n1. The monoisotopic (exact) mass is 282 g/mol. The fourth-order valence-corrected chi connectivity index (χ4v) is 1.17. The summed E-state index contributed by atoms with van der Waals surface area (Å²) in [6.07, 6.45) is 0. The molecule has 0 saturated carbocycles. The van der Waals surface area contributed by atoms with E-state index < -0.39 is 12.9 Å². The van der Waals surface area contributed by atoms with Gasteiger partial charge in [-0.15, -0.1) is 0 Å². The van der Waals surface area contributed by atoms with Crippen LogP contribution in [0.5, 0.6) is 0 Å².